The molecule has 0 atom stereocenters. The number of nitrogens with zero attached hydrogens (tertiary/aromatic N) is 1. The number of anilines is 1. The van der Waals surface area contributed by atoms with Gasteiger partial charge in [-0.05, 0) is 12.8 Å². The summed E-state index contributed by atoms with van der Waals surface area (Å²) in [5.41, 5.74) is 0. The van der Waals surface area contributed by atoms with Crippen molar-refractivity contribution in [3.8, 4) is 0 Å². The lowest BCUT2D eigenvalue weighted by Crippen LogP contribution is -2.14. The molecule has 0 aliphatic heterocycles. The molecule has 1 heterocycles. The van der Waals surface area contributed by atoms with Gasteiger partial charge in [0.05, 0.1) is 6.20 Å². The van der Waals surface area contributed by atoms with Crippen LogP contribution in [-0.4, -0.2) is 22.1 Å². The van der Waals surface area contributed by atoms with Gasteiger partial charge in [0.1, 0.15) is 0 Å². The number of carbonyl (C=O) groups is 1. The van der Waals surface area contributed by atoms with Crippen LogP contribution < -0.4 is 5.32 Å². The van der Waals surface area contributed by atoms with E-state index in [9.17, 15) is 4.79 Å². The molecule has 2 rings (SSSR count). The van der Waals surface area contributed by atoms with Crippen molar-refractivity contribution in [3.63, 3.8) is 0 Å². The Labute approximate surface area is 81.1 Å². The summed E-state index contributed by atoms with van der Waals surface area (Å²) >= 11 is 0. The van der Waals surface area contributed by atoms with Crippen molar-refractivity contribution in [2.45, 2.75) is 31.7 Å². The molecule has 0 aromatic carbocycles. The Morgan fingerprint density at radius 1 is 1.57 bits per heavy atom. The van der Waals surface area contributed by atoms with Crippen molar-refractivity contribution >= 4 is 12.0 Å². The second-order valence-corrected chi connectivity index (χ2v) is 3.46. The lowest BCUT2D eigenvalue weighted by atomic mass is 10.3. The zero-order chi connectivity index (χ0) is 9.97. The predicted octanol–water partition coefficient (Wildman–Crippen LogP) is 1.73. The van der Waals surface area contributed by atoms with Crippen molar-refractivity contribution in [1.29, 1.82) is 0 Å². The fraction of sp³-hybridized carbons (Fsp3) is 0.556. The summed E-state index contributed by atoms with van der Waals surface area (Å²) in [5.74, 6) is -1.21. The van der Waals surface area contributed by atoms with Gasteiger partial charge in [0, 0.05) is 6.04 Å². The quantitative estimate of drug-likeness (QED) is 0.769. The molecular formula is C9H12N2O3. The van der Waals surface area contributed by atoms with Crippen molar-refractivity contribution < 1.29 is 14.3 Å². The van der Waals surface area contributed by atoms with Crippen LogP contribution in [-0.2, 0) is 0 Å². The lowest BCUT2D eigenvalue weighted by Gasteiger charge is -2.08. The van der Waals surface area contributed by atoms with Crippen LogP contribution in [0.3, 0.4) is 0 Å². The third-order valence-electron chi connectivity index (χ3n) is 2.40. The largest absolute Gasteiger partial charge is 0.475 e. The lowest BCUT2D eigenvalue weighted by molar-refractivity contribution is 0.0663. The highest BCUT2D eigenvalue weighted by atomic mass is 16.4. The first-order valence-electron chi connectivity index (χ1n) is 4.71. The molecule has 14 heavy (non-hydrogen) atoms. The van der Waals surface area contributed by atoms with Crippen molar-refractivity contribution in [2.75, 3.05) is 5.32 Å². The van der Waals surface area contributed by atoms with Crippen LogP contribution in [0.4, 0.5) is 6.01 Å². The molecule has 1 aromatic rings. The zero-order valence-electron chi connectivity index (χ0n) is 7.69. The zero-order valence-corrected chi connectivity index (χ0v) is 7.69. The van der Waals surface area contributed by atoms with Crippen LogP contribution in [0.5, 0.6) is 0 Å². The molecule has 1 saturated carbocycles. The first-order chi connectivity index (χ1) is 6.75. The smallest absolute Gasteiger partial charge is 0.373 e. The van der Waals surface area contributed by atoms with Gasteiger partial charge in [0.2, 0.25) is 5.76 Å². The highest BCUT2D eigenvalue weighted by Gasteiger charge is 2.17. The van der Waals surface area contributed by atoms with E-state index in [0.717, 1.165) is 12.8 Å². The van der Waals surface area contributed by atoms with Gasteiger partial charge in [0.15, 0.2) is 0 Å². The Bertz CT molecular complexity index is 329. The monoisotopic (exact) mass is 196 g/mol. The summed E-state index contributed by atoms with van der Waals surface area (Å²) in [5, 5.41) is 11.7. The fourth-order valence-corrected chi connectivity index (χ4v) is 1.68. The molecule has 1 aliphatic carbocycles. The predicted molar refractivity (Wildman–Crippen MR) is 49.3 cm³/mol. The van der Waals surface area contributed by atoms with Gasteiger partial charge < -0.3 is 14.8 Å². The molecule has 0 amide bonds. The summed E-state index contributed by atoms with van der Waals surface area (Å²) in [6.45, 7) is 0. The SMILES string of the molecule is O=C(O)c1cnc(NC2CCCC2)o1. The average molecular weight is 196 g/mol. The molecule has 1 aliphatic rings. The Morgan fingerprint density at radius 3 is 2.86 bits per heavy atom. The molecule has 0 unspecified atom stereocenters. The van der Waals surface area contributed by atoms with Crippen molar-refractivity contribution in [2.24, 2.45) is 0 Å². The van der Waals surface area contributed by atoms with E-state index in [-0.39, 0.29) is 5.76 Å². The summed E-state index contributed by atoms with van der Waals surface area (Å²) in [7, 11) is 0. The highest BCUT2D eigenvalue weighted by molar-refractivity contribution is 5.84. The standard InChI is InChI=1S/C9H12N2O3/c12-8(13)7-5-10-9(14-7)11-6-3-1-2-4-6/h5-6H,1-4H2,(H,10,11)(H,12,13). The minimum absolute atomic E-state index is 0.120. The third kappa shape index (κ3) is 1.86. The van der Waals surface area contributed by atoms with Crippen molar-refractivity contribution in [1.82, 2.24) is 4.98 Å². The fourth-order valence-electron chi connectivity index (χ4n) is 1.68. The molecule has 1 fully saturated rings. The van der Waals surface area contributed by atoms with Gasteiger partial charge >= 0.3 is 5.97 Å². The van der Waals surface area contributed by atoms with Crippen LogP contribution in [0.25, 0.3) is 0 Å². The Morgan fingerprint density at radius 2 is 2.29 bits per heavy atom. The van der Waals surface area contributed by atoms with Gasteiger partial charge in [-0.25, -0.2) is 9.78 Å². The molecule has 5 nitrogen and oxygen atoms in total. The number of aromatic nitrogens is 1. The number of oxazole rings is 1. The number of hydrogen-bond donors (Lipinski definition) is 2. The third-order valence-corrected chi connectivity index (χ3v) is 2.40. The van der Waals surface area contributed by atoms with Gasteiger partial charge in [-0.3, -0.25) is 0 Å². The van der Waals surface area contributed by atoms with E-state index in [4.69, 9.17) is 9.52 Å². The van der Waals surface area contributed by atoms with Crippen molar-refractivity contribution in [3.05, 3.63) is 12.0 Å². The second kappa shape index (κ2) is 3.69. The summed E-state index contributed by atoms with van der Waals surface area (Å²) in [6, 6.07) is 0.699. The van der Waals surface area contributed by atoms with Gasteiger partial charge in [0.25, 0.3) is 6.01 Å². The number of carboxylic acid groups (broad SMARTS) is 1. The first kappa shape index (κ1) is 9.05. The van der Waals surface area contributed by atoms with Crippen LogP contribution >= 0.6 is 0 Å². The molecule has 0 bridgehead atoms. The number of rotatable bonds is 3. The average Bonchev–Trinajstić information content (AvgIpc) is 2.75. The normalized spacial score (nSPS) is 17.1. The maximum atomic E-state index is 10.5. The van der Waals surface area contributed by atoms with E-state index in [1.165, 1.54) is 19.0 Å². The molecule has 76 valence electrons. The molecular weight excluding hydrogens is 184 g/mol. The van der Waals surface area contributed by atoms with Crippen LogP contribution in [0.15, 0.2) is 10.6 Å². The van der Waals surface area contributed by atoms with Gasteiger partial charge in [-0.15, -0.1) is 0 Å². The van der Waals surface area contributed by atoms with E-state index >= 15 is 0 Å². The van der Waals surface area contributed by atoms with Crippen LogP contribution in [0.1, 0.15) is 36.2 Å². The summed E-state index contributed by atoms with van der Waals surface area (Å²) < 4.78 is 4.99. The number of hydrogen-bond acceptors (Lipinski definition) is 4. The minimum Gasteiger partial charge on any atom is -0.475 e. The Hall–Kier alpha value is -1.52. The molecule has 5 heteroatoms. The summed E-state index contributed by atoms with van der Waals surface area (Å²) in [4.78, 5) is 14.3. The number of aromatic carboxylic acids is 1. The second-order valence-electron chi connectivity index (χ2n) is 3.46. The Balaban J connectivity index is 1.98. The van der Waals surface area contributed by atoms with Gasteiger partial charge in [-0.2, -0.15) is 0 Å². The highest BCUT2D eigenvalue weighted by Crippen LogP contribution is 2.21. The van der Waals surface area contributed by atoms with E-state index < -0.39 is 5.97 Å². The Kier molecular flexibility index (Phi) is 2.39. The minimum atomic E-state index is -1.09. The molecule has 0 spiro atoms. The maximum absolute atomic E-state index is 10.5. The molecule has 1 aromatic heterocycles. The summed E-state index contributed by atoms with van der Waals surface area (Å²) in [6.07, 6.45) is 5.85. The topological polar surface area (TPSA) is 75.4 Å². The van der Waals surface area contributed by atoms with Gasteiger partial charge in [-0.1, -0.05) is 12.8 Å². The van der Waals surface area contributed by atoms with Crippen LogP contribution in [0.2, 0.25) is 0 Å². The molecule has 2 N–H and O–H groups in total. The first-order valence-corrected chi connectivity index (χ1v) is 4.71. The number of carboxylic acids is 1. The molecule has 0 radical (unpaired) electrons. The maximum Gasteiger partial charge on any atom is 0.373 e. The molecule has 0 saturated heterocycles. The van der Waals surface area contributed by atoms with E-state index in [2.05, 4.69) is 10.3 Å². The van der Waals surface area contributed by atoms with Crippen LogP contribution in [0, 0.1) is 0 Å². The van der Waals surface area contributed by atoms with E-state index in [1.807, 2.05) is 0 Å². The van der Waals surface area contributed by atoms with E-state index in [1.54, 1.807) is 0 Å². The van der Waals surface area contributed by atoms with E-state index in [0.29, 0.717) is 12.1 Å². The number of nitrogens with one attached hydrogen (secondary N) is 1.